The third-order valence-corrected chi connectivity index (χ3v) is 5.29. The summed E-state index contributed by atoms with van der Waals surface area (Å²) in [7, 11) is 0. The third-order valence-electron chi connectivity index (χ3n) is 3.77. The molecule has 19 heavy (non-hydrogen) atoms. The van der Waals surface area contributed by atoms with E-state index in [0.717, 1.165) is 16.0 Å². The van der Waals surface area contributed by atoms with E-state index in [1.165, 1.54) is 20.3 Å². The van der Waals surface area contributed by atoms with E-state index in [0.29, 0.717) is 0 Å². The van der Waals surface area contributed by atoms with Gasteiger partial charge in [0.05, 0.1) is 0 Å². The number of halogens is 2. The summed E-state index contributed by atoms with van der Waals surface area (Å²) in [5, 5.41) is 0. The van der Waals surface area contributed by atoms with Crippen LogP contribution in [0.2, 0.25) is 0 Å². The fourth-order valence-corrected chi connectivity index (χ4v) is 3.39. The summed E-state index contributed by atoms with van der Waals surface area (Å²) in [6.07, 6.45) is 0. The van der Waals surface area contributed by atoms with Crippen LogP contribution < -0.4 is 4.74 Å². The smallest absolute Gasteiger partial charge is 0.132 e. The van der Waals surface area contributed by atoms with Gasteiger partial charge >= 0.3 is 0 Å². The molecule has 0 aliphatic carbocycles. The van der Waals surface area contributed by atoms with Gasteiger partial charge in [-0.3, -0.25) is 0 Å². The monoisotopic (exact) mass is 428 g/mol. The molecule has 3 heteroatoms. The summed E-state index contributed by atoms with van der Waals surface area (Å²) in [5.74, 6) is 1.92. The Morgan fingerprint density at radius 1 is 1.05 bits per heavy atom. The van der Waals surface area contributed by atoms with Crippen molar-refractivity contribution in [2.45, 2.75) is 26.2 Å². The lowest BCUT2D eigenvalue weighted by molar-refractivity contribution is 0.417. The van der Waals surface area contributed by atoms with E-state index in [-0.39, 0.29) is 5.41 Å². The second kappa shape index (κ2) is 4.48. The zero-order valence-electron chi connectivity index (χ0n) is 11.1. The van der Waals surface area contributed by atoms with Gasteiger partial charge in [-0.05, 0) is 59.3 Å². The van der Waals surface area contributed by atoms with Gasteiger partial charge < -0.3 is 4.74 Å². The van der Waals surface area contributed by atoms with Crippen LogP contribution >= 0.6 is 38.5 Å². The van der Waals surface area contributed by atoms with Crippen molar-refractivity contribution in [3.05, 3.63) is 55.1 Å². The maximum absolute atomic E-state index is 6.07. The van der Waals surface area contributed by atoms with Crippen molar-refractivity contribution >= 4 is 38.5 Å². The van der Waals surface area contributed by atoms with E-state index >= 15 is 0 Å². The first-order chi connectivity index (χ1) is 8.89. The summed E-state index contributed by atoms with van der Waals surface area (Å²) in [4.78, 5) is 0. The Bertz CT molecular complexity index is 677. The summed E-state index contributed by atoms with van der Waals surface area (Å²) < 4.78 is 8.41. The van der Waals surface area contributed by atoms with E-state index in [1.54, 1.807) is 0 Å². The van der Waals surface area contributed by atoms with Crippen LogP contribution in [0.25, 0.3) is 0 Å². The summed E-state index contributed by atoms with van der Waals surface area (Å²) in [6, 6.07) is 10.7. The molecule has 0 spiro atoms. The molecule has 1 aliphatic rings. The molecular weight excluding hydrogens is 415 g/mol. The van der Waals surface area contributed by atoms with Gasteiger partial charge in [0.2, 0.25) is 0 Å². The van der Waals surface area contributed by atoms with E-state index in [1.807, 2.05) is 0 Å². The number of benzene rings is 2. The molecule has 3 rings (SSSR count). The molecule has 1 heterocycles. The van der Waals surface area contributed by atoms with Gasteiger partial charge in [-0.1, -0.05) is 35.8 Å². The molecule has 0 aromatic heterocycles. The van der Waals surface area contributed by atoms with Crippen LogP contribution in [0.1, 0.15) is 30.5 Å². The molecule has 2 aromatic rings. The first-order valence-corrected chi connectivity index (χ1v) is 8.05. The van der Waals surface area contributed by atoms with Gasteiger partial charge in [-0.25, -0.2) is 0 Å². The van der Waals surface area contributed by atoms with Crippen molar-refractivity contribution in [3.8, 4) is 11.5 Å². The maximum atomic E-state index is 6.07. The fraction of sp³-hybridized carbons (Fsp3) is 0.250. The molecule has 1 nitrogen and oxygen atoms in total. The van der Waals surface area contributed by atoms with E-state index in [4.69, 9.17) is 4.74 Å². The lowest BCUT2D eigenvalue weighted by Gasteiger charge is -2.35. The minimum Gasteiger partial charge on any atom is -0.457 e. The van der Waals surface area contributed by atoms with Gasteiger partial charge in [-0.15, -0.1) is 0 Å². The van der Waals surface area contributed by atoms with E-state index in [9.17, 15) is 0 Å². The molecule has 0 N–H and O–H groups in total. The maximum Gasteiger partial charge on any atom is 0.132 e. The molecule has 0 saturated heterocycles. The molecule has 0 bridgehead atoms. The van der Waals surface area contributed by atoms with Crippen LogP contribution in [0.15, 0.2) is 34.8 Å². The van der Waals surface area contributed by atoms with Gasteiger partial charge in [0.25, 0.3) is 0 Å². The van der Waals surface area contributed by atoms with Gasteiger partial charge in [0, 0.05) is 24.6 Å². The molecule has 0 radical (unpaired) electrons. The Morgan fingerprint density at radius 3 is 2.47 bits per heavy atom. The molecule has 0 amide bonds. The third kappa shape index (κ3) is 2.11. The lowest BCUT2D eigenvalue weighted by Crippen LogP contribution is -2.24. The van der Waals surface area contributed by atoms with Crippen LogP contribution in [0.4, 0.5) is 0 Å². The summed E-state index contributed by atoms with van der Waals surface area (Å²) in [5.41, 5.74) is 3.72. The highest BCUT2D eigenvalue weighted by atomic mass is 127. The van der Waals surface area contributed by atoms with Crippen molar-refractivity contribution in [1.82, 2.24) is 0 Å². The highest BCUT2D eigenvalue weighted by Gasteiger charge is 2.34. The second-order valence-corrected chi connectivity index (χ2v) is 7.57. The Hall–Kier alpha value is -0.550. The van der Waals surface area contributed by atoms with Gasteiger partial charge in [0.1, 0.15) is 11.5 Å². The van der Waals surface area contributed by atoms with Crippen molar-refractivity contribution < 1.29 is 4.74 Å². The van der Waals surface area contributed by atoms with Crippen LogP contribution in [0, 0.1) is 10.5 Å². The largest absolute Gasteiger partial charge is 0.457 e. The van der Waals surface area contributed by atoms with Crippen molar-refractivity contribution in [3.63, 3.8) is 0 Å². The predicted octanol–water partition coefficient (Wildman–Crippen LogP) is 5.79. The van der Waals surface area contributed by atoms with Crippen LogP contribution in [-0.2, 0) is 5.41 Å². The normalized spacial score (nSPS) is 15.4. The van der Waals surface area contributed by atoms with Crippen molar-refractivity contribution in [1.29, 1.82) is 0 Å². The van der Waals surface area contributed by atoms with Crippen molar-refractivity contribution in [2.24, 2.45) is 0 Å². The summed E-state index contributed by atoms with van der Waals surface area (Å²) in [6.45, 7) is 6.64. The summed E-state index contributed by atoms with van der Waals surface area (Å²) >= 11 is 5.93. The lowest BCUT2D eigenvalue weighted by atomic mass is 9.75. The first-order valence-electron chi connectivity index (χ1n) is 6.18. The van der Waals surface area contributed by atoms with Gasteiger partial charge in [0.15, 0.2) is 0 Å². The highest BCUT2D eigenvalue weighted by Crippen LogP contribution is 2.49. The Morgan fingerprint density at radius 2 is 1.74 bits per heavy atom. The fourth-order valence-electron chi connectivity index (χ4n) is 2.58. The van der Waals surface area contributed by atoms with Crippen molar-refractivity contribution in [2.75, 3.05) is 0 Å². The molecule has 98 valence electrons. The molecule has 0 fully saturated rings. The number of fused-ring (bicyclic) bond motifs is 2. The Labute approximate surface area is 135 Å². The zero-order chi connectivity index (χ0) is 13.8. The minimum atomic E-state index is -0.0322. The van der Waals surface area contributed by atoms with E-state index < -0.39 is 0 Å². The number of aryl methyl sites for hydroxylation is 1. The molecular formula is C16H14BrIO. The number of rotatable bonds is 0. The average molecular weight is 429 g/mol. The number of hydrogen-bond acceptors (Lipinski definition) is 1. The molecule has 1 aliphatic heterocycles. The zero-order valence-corrected chi connectivity index (χ0v) is 14.8. The molecule has 0 unspecified atom stereocenters. The SMILES string of the molecule is Cc1cc2c(cc1Br)Oc1ccc(I)cc1C2(C)C. The molecule has 2 aromatic carbocycles. The molecule has 0 saturated carbocycles. The molecule has 0 atom stereocenters. The van der Waals surface area contributed by atoms with Crippen LogP contribution in [-0.4, -0.2) is 0 Å². The van der Waals surface area contributed by atoms with Crippen LogP contribution in [0.5, 0.6) is 11.5 Å². The number of hydrogen-bond donors (Lipinski definition) is 0. The van der Waals surface area contributed by atoms with Gasteiger partial charge in [-0.2, -0.15) is 0 Å². The second-order valence-electron chi connectivity index (χ2n) is 5.47. The predicted molar refractivity (Wildman–Crippen MR) is 90.2 cm³/mol. The first kappa shape index (κ1) is 13.4. The topological polar surface area (TPSA) is 9.23 Å². The number of ether oxygens (including phenoxy) is 1. The average Bonchev–Trinajstić information content (AvgIpc) is 2.34. The Balaban J connectivity index is 2.27. The Kier molecular flexibility index (Phi) is 3.17. The minimum absolute atomic E-state index is 0.0322. The van der Waals surface area contributed by atoms with Crippen LogP contribution in [0.3, 0.4) is 0 Å². The standard InChI is InChI=1S/C16H14BrIO/c1-9-6-11-15(8-13(9)17)19-14-5-4-10(18)7-12(14)16(11,2)3/h4-8H,1-3H3. The highest BCUT2D eigenvalue weighted by molar-refractivity contribution is 14.1. The van der Waals surface area contributed by atoms with E-state index in [2.05, 4.69) is 89.6 Å². The quantitative estimate of drug-likeness (QED) is 0.482.